The van der Waals surface area contributed by atoms with Gasteiger partial charge in [0.05, 0.1) is 12.2 Å². The monoisotopic (exact) mass is 265 g/mol. The van der Waals surface area contributed by atoms with Crippen LogP contribution in [-0.4, -0.2) is 25.8 Å². The molecule has 2 rings (SSSR count). The Labute approximate surface area is 107 Å². The van der Waals surface area contributed by atoms with E-state index in [-0.39, 0.29) is 12.1 Å². The summed E-state index contributed by atoms with van der Waals surface area (Å²) in [6, 6.07) is 0. The molecule has 0 unspecified atom stereocenters. The molecule has 0 saturated heterocycles. The van der Waals surface area contributed by atoms with Crippen LogP contribution in [0.2, 0.25) is 0 Å². The molecular formula is C11H11N3O3S. The van der Waals surface area contributed by atoms with Gasteiger partial charge in [-0.1, -0.05) is 0 Å². The van der Waals surface area contributed by atoms with E-state index in [1.165, 1.54) is 11.3 Å². The lowest BCUT2D eigenvalue weighted by atomic mass is 10.1. The molecule has 0 amide bonds. The van der Waals surface area contributed by atoms with Crippen LogP contribution in [0.15, 0.2) is 16.4 Å². The molecule has 0 saturated carbocycles. The van der Waals surface area contributed by atoms with E-state index in [4.69, 9.17) is 5.11 Å². The van der Waals surface area contributed by atoms with Gasteiger partial charge in [0.2, 0.25) is 0 Å². The minimum Gasteiger partial charge on any atom is -0.477 e. The van der Waals surface area contributed by atoms with Crippen molar-refractivity contribution in [3.05, 3.63) is 43.8 Å². The van der Waals surface area contributed by atoms with Crippen molar-refractivity contribution in [1.29, 1.82) is 0 Å². The minimum atomic E-state index is -1.23. The van der Waals surface area contributed by atoms with Crippen LogP contribution in [0.3, 0.4) is 0 Å². The predicted molar refractivity (Wildman–Crippen MR) is 66.1 cm³/mol. The summed E-state index contributed by atoms with van der Waals surface area (Å²) in [6.07, 6.45) is 1.63. The highest BCUT2D eigenvalue weighted by atomic mass is 32.1. The fourth-order valence-corrected chi connectivity index (χ4v) is 2.19. The Bertz CT molecular complexity index is 646. The van der Waals surface area contributed by atoms with Crippen molar-refractivity contribution < 1.29 is 9.90 Å². The molecule has 0 spiro atoms. The third kappa shape index (κ3) is 2.17. The average molecular weight is 265 g/mol. The molecule has 0 aliphatic rings. The van der Waals surface area contributed by atoms with Crippen LogP contribution in [0.25, 0.3) is 0 Å². The Morgan fingerprint density at radius 2 is 2.22 bits per heavy atom. The van der Waals surface area contributed by atoms with Crippen molar-refractivity contribution in [1.82, 2.24) is 14.8 Å². The van der Waals surface area contributed by atoms with Gasteiger partial charge in [-0.25, -0.2) is 14.5 Å². The molecule has 2 aromatic rings. The lowest BCUT2D eigenvalue weighted by Crippen LogP contribution is -2.31. The lowest BCUT2D eigenvalue weighted by Gasteiger charge is -2.08. The van der Waals surface area contributed by atoms with Gasteiger partial charge in [0.15, 0.2) is 0 Å². The third-order valence-electron chi connectivity index (χ3n) is 2.62. The molecule has 0 aromatic carbocycles. The molecule has 1 N–H and O–H groups in total. The summed E-state index contributed by atoms with van der Waals surface area (Å²) in [4.78, 5) is 27.2. The molecule has 0 atom stereocenters. The van der Waals surface area contributed by atoms with Crippen LogP contribution in [-0.2, 0) is 6.54 Å². The zero-order valence-electron chi connectivity index (χ0n) is 9.88. The summed E-state index contributed by atoms with van der Waals surface area (Å²) < 4.78 is 1.14. The highest BCUT2D eigenvalue weighted by molar-refractivity contribution is 7.09. The van der Waals surface area contributed by atoms with Crippen LogP contribution in [0, 0.1) is 13.8 Å². The van der Waals surface area contributed by atoms with Gasteiger partial charge in [0.25, 0.3) is 5.56 Å². The SMILES string of the molecule is Cc1nn(Cc2nccs2)c(=O)c(C(=O)O)c1C. The number of aryl methyl sites for hydroxylation is 1. The topological polar surface area (TPSA) is 85.1 Å². The van der Waals surface area contributed by atoms with E-state index in [0.29, 0.717) is 16.3 Å². The molecule has 18 heavy (non-hydrogen) atoms. The molecule has 94 valence electrons. The van der Waals surface area contributed by atoms with Gasteiger partial charge in [0.1, 0.15) is 10.6 Å². The number of carbonyl (C=O) groups is 1. The summed E-state index contributed by atoms with van der Waals surface area (Å²) in [7, 11) is 0. The Balaban J connectivity index is 2.56. The number of carboxylic acid groups (broad SMARTS) is 1. The molecule has 7 heteroatoms. The molecule has 2 heterocycles. The Morgan fingerprint density at radius 1 is 1.50 bits per heavy atom. The molecule has 0 radical (unpaired) electrons. The predicted octanol–water partition coefficient (Wildman–Crippen LogP) is 1.06. The quantitative estimate of drug-likeness (QED) is 0.897. The van der Waals surface area contributed by atoms with E-state index in [2.05, 4.69) is 10.1 Å². The number of hydrogen-bond donors (Lipinski definition) is 1. The van der Waals surface area contributed by atoms with Crippen LogP contribution >= 0.6 is 11.3 Å². The van der Waals surface area contributed by atoms with Crippen molar-refractivity contribution in [2.45, 2.75) is 20.4 Å². The standard InChI is InChI=1S/C11H11N3O3S/c1-6-7(2)13-14(5-8-12-3-4-18-8)10(15)9(6)11(16)17/h3-4H,5H2,1-2H3,(H,16,17). The number of carboxylic acids is 1. The van der Waals surface area contributed by atoms with E-state index in [1.54, 1.807) is 25.4 Å². The van der Waals surface area contributed by atoms with Crippen molar-refractivity contribution in [3.8, 4) is 0 Å². The number of thiazole rings is 1. The number of hydrogen-bond acceptors (Lipinski definition) is 5. The van der Waals surface area contributed by atoms with E-state index in [1.807, 2.05) is 0 Å². The van der Waals surface area contributed by atoms with Gasteiger partial charge in [-0.15, -0.1) is 11.3 Å². The van der Waals surface area contributed by atoms with Crippen molar-refractivity contribution in [2.75, 3.05) is 0 Å². The largest absolute Gasteiger partial charge is 0.477 e. The highest BCUT2D eigenvalue weighted by Gasteiger charge is 2.18. The fraction of sp³-hybridized carbons (Fsp3) is 0.273. The molecule has 0 aliphatic heterocycles. The lowest BCUT2D eigenvalue weighted by molar-refractivity contribution is 0.0692. The maximum Gasteiger partial charge on any atom is 0.341 e. The molecule has 2 aromatic heterocycles. The van der Waals surface area contributed by atoms with E-state index in [0.717, 1.165) is 4.68 Å². The zero-order chi connectivity index (χ0) is 13.3. The van der Waals surface area contributed by atoms with Crippen LogP contribution in [0.4, 0.5) is 0 Å². The first-order valence-electron chi connectivity index (χ1n) is 5.20. The Morgan fingerprint density at radius 3 is 2.78 bits per heavy atom. The van der Waals surface area contributed by atoms with E-state index >= 15 is 0 Å². The summed E-state index contributed by atoms with van der Waals surface area (Å²) in [5, 5.41) is 15.7. The second-order valence-electron chi connectivity index (χ2n) is 3.78. The van der Waals surface area contributed by atoms with Gasteiger partial charge in [0, 0.05) is 11.6 Å². The minimum absolute atomic E-state index is 0.192. The summed E-state index contributed by atoms with van der Waals surface area (Å²) in [5.74, 6) is -1.23. The normalized spacial score (nSPS) is 10.6. The first-order chi connectivity index (χ1) is 8.50. The third-order valence-corrected chi connectivity index (χ3v) is 3.38. The molecular weight excluding hydrogens is 254 g/mol. The fourth-order valence-electron chi connectivity index (χ4n) is 1.59. The summed E-state index contributed by atoms with van der Waals surface area (Å²) in [6.45, 7) is 3.46. The number of rotatable bonds is 3. The van der Waals surface area contributed by atoms with Crippen molar-refractivity contribution in [2.24, 2.45) is 0 Å². The first kappa shape index (κ1) is 12.4. The molecule has 0 bridgehead atoms. The van der Waals surface area contributed by atoms with Crippen LogP contribution in [0.5, 0.6) is 0 Å². The smallest absolute Gasteiger partial charge is 0.341 e. The summed E-state index contributed by atoms with van der Waals surface area (Å²) in [5.41, 5.74) is 0.117. The van der Waals surface area contributed by atoms with Gasteiger partial charge >= 0.3 is 5.97 Å². The number of nitrogens with zero attached hydrogens (tertiary/aromatic N) is 3. The van der Waals surface area contributed by atoms with Crippen molar-refractivity contribution in [3.63, 3.8) is 0 Å². The molecule has 6 nitrogen and oxygen atoms in total. The maximum absolute atomic E-state index is 12.0. The maximum atomic E-state index is 12.0. The Hall–Kier alpha value is -2.02. The van der Waals surface area contributed by atoms with Gasteiger partial charge in [-0.2, -0.15) is 5.10 Å². The Kier molecular flexibility index (Phi) is 3.24. The number of aromatic carboxylic acids is 1. The van der Waals surface area contributed by atoms with Gasteiger partial charge in [-0.3, -0.25) is 4.79 Å². The average Bonchev–Trinajstić information content (AvgIpc) is 2.78. The molecule has 0 fully saturated rings. The van der Waals surface area contributed by atoms with E-state index < -0.39 is 11.5 Å². The highest BCUT2D eigenvalue weighted by Crippen LogP contribution is 2.09. The van der Waals surface area contributed by atoms with Crippen molar-refractivity contribution >= 4 is 17.3 Å². The zero-order valence-corrected chi connectivity index (χ0v) is 10.7. The molecule has 0 aliphatic carbocycles. The van der Waals surface area contributed by atoms with Crippen LogP contribution in [0.1, 0.15) is 26.6 Å². The van der Waals surface area contributed by atoms with Crippen LogP contribution < -0.4 is 5.56 Å². The second kappa shape index (κ2) is 4.69. The van der Waals surface area contributed by atoms with E-state index in [9.17, 15) is 9.59 Å². The first-order valence-corrected chi connectivity index (χ1v) is 6.08. The van der Waals surface area contributed by atoms with Gasteiger partial charge in [-0.05, 0) is 19.4 Å². The second-order valence-corrected chi connectivity index (χ2v) is 4.76. The summed E-state index contributed by atoms with van der Waals surface area (Å²) >= 11 is 1.39. The number of aromatic nitrogens is 3. The van der Waals surface area contributed by atoms with Gasteiger partial charge < -0.3 is 5.11 Å².